The summed E-state index contributed by atoms with van der Waals surface area (Å²) in [5, 5.41) is 0. The predicted molar refractivity (Wildman–Crippen MR) is 75.6 cm³/mol. The van der Waals surface area contributed by atoms with Crippen LogP contribution in [-0.4, -0.2) is 12.7 Å². The number of benzene rings is 1. The second-order valence-electron chi connectivity index (χ2n) is 5.40. The molecule has 0 N–H and O–H groups in total. The van der Waals surface area contributed by atoms with Crippen LogP contribution >= 0.6 is 0 Å². The van der Waals surface area contributed by atoms with Crippen molar-refractivity contribution in [3.63, 3.8) is 0 Å². The molecule has 0 saturated carbocycles. The van der Waals surface area contributed by atoms with Crippen molar-refractivity contribution >= 4 is 5.57 Å². The fourth-order valence-corrected chi connectivity index (χ4v) is 3.01. The zero-order chi connectivity index (χ0) is 12.5. The van der Waals surface area contributed by atoms with Crippen LogP contribution in [0.2, 0.25) is 0 Å². The molecule has 1 atom stereocenters. The molecule has 0 saturated heterocycles. The minimum Gasteiger partial charge on any atom is -0.378 e. The van der Waals surface area contributed by atoms with Crippen molar-refractivity contribution in [2.45, 2.75) is 38.7 Å². The molecule has 0 heterocycles. The van der Waals surface area contributed by atoms with E-state index >= 15 is 0 Å². The van der Waals surface area contributed by atoms with Gasteiger partial charge in [0, 0.05) is 5.92 Å². The van der Waals surface area contributed by atoms with Crippen molar-refractivity contribution < 1.29 is 4.74 Å². The second kappa shape index (κ2) is 4.74. The minimum atomic E-state index is 0.300. The molecule has 0 spiro atoms. The second-order valence-corrected chi connectivity index (χ2v) is 5.40. The van der Waals surface area contributed by atoms with E-state index in [-0.39, 0.29) is 0 Å². The van der Waals surface area contributed by atoms with Crippen LogP contribution in [0.4, 0.5) is 0 Å². The van der Waals surface area contributed by atoms with E-state index < -0.39 is 0 Å². The van der Waals surface area contributed by atoms with Crippen molar-refractivity contribution in [1.82, 2.24) is 0 Å². The van der Waals surface area contributed by atoms with E-state index in [0.717, 1.165) is 6.61 Å². The first-order valence-corrected chi connectivity index (χ1v) is 6.88. The Balaban J connectivity index is 1.97. The highest BCUT2D eigenvalue weighted by Crippen LogP contribution is 2.46. The van der Waals surface area contributed by atoms with Crippen LogP contribution < -0.4 is 0 Å². The Morgan fingerprint density at radius 2 is 2.11 bits per heavy atom. The number of ether oxygens (including phenoxy) is 1. The lowest BCUT2D eigenvalue weighted by atomic mass is 9.93. The molecule has 0 radical (unpaired) electrons. The standard InChI is InChI=1S/C17H20O/c1-12(2)18-11-17-15-9-5-3-7-13(15)14-8-4-6-10-16(14)17/h3,5-7,9-10,12,17H,4,8,11H2,1-2H3. The van der Waals surface area contributed by atoms with Crippen molar-refractivity contribution in [3.05, 3.63) is 53.1 Å². The molecule has 3 rings (SSSR count). The van der Waals surface area contributed by atoms with E-state index in [2.05, 4.69) is 50.3 Å². The van der Waals surface area contributed by atoms with Crippen molar-refractivity contribution in [2.75, 3.05) is 6.61 Å². The van der Waals surface area contributed by atoms with E-state index in [0.29, 0.717) is 12.0 Å². The molecule has 0 bridgehead atoms. The minimum absolute atomic E-state index is 0.300. The van der Waals surface area contributed by atoms with Crippen LogP contribution in [-0.2, 0) is 4.74 Å². The quantitative estimate of drug-likeness (QED) is 0.765. The van der Waals surface area contributed by atoms with Gasteiger partial charge in [0.15, 0.2) is 0 Å². The number of allylic oxidation sites excluding steroid dienone is 3. The Kier molecular flexibility index (Phi) is 3.09. The van der Waals surface area contributed by atoms with Crippen molar-refractivity contribution in [1.29, 1.82) is 0 Å². The van der Waals surface area contributed by atoms with Gasteiger partial charge in [-0.3, -0.25) is 0 Å². The lowest BCUT2D eigenvalue weighted by molar-refractivity contribution is 0.0737. The van der Waals surface area contributed by atoms with Gasteiger partial charge in [-0.2, -0.15) is 0 Å². The number of hydrogen-bond acceptors (Lipinski definition) is 1. The SMILES string of the molecule is CC(C)OCC1C2=C(CCC=C2)c2ccccc21. The van der Waals surface area contributed by atoms with Crippen LogP contribution in [0.5, 0.6) is 0 Å². The van der Waals surface area contributed by atoms with E-state index in [9.17, 15) is 0 Å². The van der Waals surface area contributed by atoms with E-state index in [4.69, 9.17) is 4.74 Å². The van der Waals surface area contributed by atoms with E-state index in [1.165, 1.54) is 29.5 Å². The summed E-state index contributed by atoms with van der Waals surface area (Å²) in [6, 6.07) is 8.81. The first kappa shape index (κ1) is 11.7. The average molecular weight is 240 g/mol. The largest absolute Gasteiger partial charge is 0.378 e. The Morgan fingerprint density at radius 1 is 1.28 bits per heavy atom. The highest BCUT2D eigenvalue weighted by molar-refractivity contribution is 5.81. The van der Waals surface area contributed by atoms with Gasteiger partial charge in [0.2, 0.25) is 0 Å². The lowest BCUT2D eigenvalue weighted by Crippen LogP contribution is -2.12. The Labute approximate surface area is 109 Å². The summed E-state index contributed by atoms with van der Waals surface area (Å²) in [4.78, 5) is 0. The summed E-state index contributed by atoms with van der Waals surface area (Å²) >= 11 is 0. The molecule has 1 unspecified atom stereocenters. The fraction of sp³-hybridized carbons (Fsp3) is 0.412. The maximum absolute atomic E-state index is 5.86. The van der Waals surface area contributed by atoms with Gasteiger partial charge in [-0.1, -0.05) is 36.4 Å². The Hall–Kier alpha value is -1.34. The average Bonchev–Trinajstić information content (AvgIpc) is 2.71. The van der Waals surface area contributed by atoms with Gasteiger partial charge in [-0.15, -0.1) is 0 Å². The molecule has 1 heteroatoms. The van der Waals surface area contributed by atoms with Crippen LogP contribution in [0, 0.1) is 0 Å². The lowest BCUT2D eigenvalue weighted by Gasteiger charge is -2.18. The third-order valence-electron chi connectivity index (χ3n) is 3.84. The van der Waals surface area contributed by atoms with Crippen LogP contribution in [0.1, 0.15) is 43.7 Å². The molecule has 2 aliphatic carbocycles. The molecule has 0 amide bonds. The summed E-state index contributed by atoms with van der Waals surface area (Å²) in [5.41, 5.74) is 5.94. The molecule has 0 aliphatic heterocycles. The van der Waals surface area contributed by atoms with Crippen LogP contribution in [0.3, 0.4) is 0 Å². The summed E-state index contributed by atoms with van der Waals surface area (Å²) in [6.07, 6.45) is 7.26. The summed E-state index contributed by atoms with van der Waals surface area (Å²) in [5.74, 6) is 0.440. The fourth-order valence-electron chi connectivity index (χ4n) is 3.01. The van der Waals surface area contributed by atoms with Crippen LogP contribution in [0.15, 0.2) is 42.0 Å². The topological polar surface area (TPSA) is 9.23 Å². The Morgan fingerprint density at radius 3 is 2.94 bits per heavy atom. The normalized spacial score (nSPS) is 21.4. The van der Waals surface area contributed by atoms with Gasteiger partial charge in [-0.05, 0) is 49.0 Å². The molecule has 1 aromatic rings. The molecular weight excluding hydrogens is 220 g/mol. The molecule has 18 heavy (non-hydrogen) atoms. The first-order valence-electron chi connectivity index (χ1n) is 6.88. The maximum atomic E-state index is 5.86. The molecular formula is C17H20O. The predicted octanol–water partition coefficient (Wildman–Crippen LogP) is 4.31. The molecule has 1 aromatic carbocycles. The highest BCUT2D eigenvalue weighted by Gasteiger charge is 2.30. The molecule has 0 fully saturated rings. The number of fused-ring (bicyclic) bond motifs is 2. The van der Waals surface area contributed by atoms with Gasteiger partial charge in [0.05, 0.1) is 12.7 Å². The smallest absolute Gasteiger partial charge is 0.0579 e. The van der Waals surface area contributed by atoms with Gasteiger partial charge in [0.1, 0.15) is 0 Å². The molecule has 0 aromatic heterocycles. The van der Waals surface area contributed by atoms with Gasteiger partial charge in [-0.25, -0.2) is 0 Å². The third-order valence-corrected chi connectivity index (χ3v) is 3.84. The van der Waals surface area contributed by atoms with E-state index in [1.54, 1.807) is 5.57 Å². The van der Waals surface area contributed by atoms with Crippen molar-refractivity contribution in [2.24, 2.45) is 0 Å². The zero-order valence-electron chi connectivity index (χ0n) is 11.1. The maximum Gasteiger partial charge on any atom is 0.0579 e. The number of rotatable bonds is 3. The van der Waals surface area contributed by atoms with Crippen LogP contribution in [0.25, 0.3) is 5.57 Å². The summed E-state index contributed by atoms with van der Waals surface area (Å²) < 4.78 is 5.86. The first-order chi connectivity index (χ1) is 8.77. The summed E-state index contributed by atoms with van der Waals surface area (Å²) in [7, 11) is 0. The Bertz CT molecular complexity index is 508. The molecule has 1 nitrogen and oxygen atoms in total. The molecule has 94 valence electrons. The van der Waals surface area contributed by atoms with Crippen molar-refractivity contribution in [3.8, 4) is 0 Å². The zero-order valence-corrected chi connectivity index (χ0v) is 11.1. The third kappa shape index (κ3) is 1.93. The van der Waals surface area contributed by atoms with E-state index in [1.807, 2.05) is 0 Å². The summed E-state index contributed by atoms with van der Waals surface area (Å²) in [6.45, 7) is 5.01. The molecule has 2 aliphatic rings. The number of hydrogen-bond donors (Lipinski definition) is 0. The highest BCUT2D eigenvalue weighted by atomic mass is 16.5. The van der Waals surface area contributed by atoms with Gasteiger partial charge >= 0.3 is 0 Å². The van der Waals surface area contributed by atoms with Gasteiger partial charge in [0.25, 0.3) is 0 Å². The van der Waals surface area contributed by atoms with Gasteiger partial charge < -0.3 is 4.74 Å². The monoisotopic (exact) mass is 240 g/mol.